The van der Waals surface area contributed by atoms with E-state index in [4.69, 9.17) is 37.9 Å². The fraction of sp³-hybridized carbons (Fsp3) is 0.0645. The van der Waals surface area contributed by atoms with E-state index in [2.05, 4.69) is 13.2 Å². The zero-order valence-electron chi connectivity index (χ0n) is 40.6. The standard InChI is InChI=1S/C62H46O14/c1-3-55(63)71-39-37-69-47-29-19-45(20-30-47)61(67)73-49-25-13-41(14-26-49)17-35-57(65)75-53-33-23-43-9-5-7-11-51(43)59(53)60-52-12-8-6-10-44(52)24-34-54(60)76-58(66)36-18-42-15-27-50(28-16-42)74-62(68)46-21-31-48(32-22-46)70-38-40-72-56(64)4-2/h3-36H,1-2,37-40H2/b35-17+,36-18+. The second-order valence-corrected chi connectivity index (χ2v) is 16.2. The van der Waals surface area contributed by atoms with E-state index in [0.29, 0.717) is 33.8 Å². The molecule has 0 saturated heterocycles. The Morgan fingerprint density at radius 2 is 0.737 bits per heavy atom. The van der Waals surface area contributed by atoms with Crippen molar-refractivity contribution in [1.29, 1.82) is 0 Å². The fourth-order valence-corrected chi connectivity index (χ4v) is 7.52. The van der Waals surface area contributed by atoms with Crippen molar-refractivity contribution in [3.63, 3.8) is 0 Å². The third-order valence-corrected chi connectivity index (χ3v) is 11.2. The maximum Gasteiger partial charge on any atom is 0.343 e. The number of hydrogen-bond acceptors (Lipinski definition) is 14. The van der Waals surface area contributed by atoms with Gasteiger partial charge in [0.1, 0.15) is 60.9 Å². The Bertz CT molecular complexity index is 3270. The molecule has 14 nitrogen and oxygen atoms in total. The highest BCUT2D eigenvalue weighted by molar-refractivity contribution is 6.11. The normalized spacial score (nSPS) is 10.9. The average Bonchev–Trinajstić information content (AvgIpc) is 3.47. The Balaban J connectivity index is 0.921. The lowest BCUT2D eigenvalue weighted by Gasteiger charge is -2.18. The number of esters is 6. The molecule has 0 aliphatic carbocycles. The molecule has 8 aromatic carbocycles. The highest BCUT2D eigenvalue weighted by Gasteiger charge is 2.22. The Morgan fingerprint density at radius 1 is 0.368 bits per heavy atom. The molecule has 378 valence electrons. The van der Waals surface area contributed by atoms with E-state index < -0.39 is 35.8 Å². The smallest absolute Gasteiger partial charge is 0.343 e. The monoisotopic (exact) mass is 1010 g/mol. The number of ether oxygens (including phenoxy) is 8. The van der Waals surface area contributed by atoms with Gasteiger partial charge in [0.25, 0.3) is 0 Å². The Morgan fingerprint density at radius 3 is 1.12 bits per heavy atom. The SMILES string of the molecule is C=CC(=O)OCCOc1ccc(C(=O)Oc2ccc(/C=C/C(=O)Oc3ccc4ccccc4c3-c3c(OC(=O)/C=C/c4ccc(OC(=O)c5ccc(OCCOC(=O)C=C)cc5)cc4)ccc4ccccc34)cc2)cc1. The Hall–Kier alpha value is -10.3. The molecule has 0 aliphatic rings. The molecule has 0 bridgehead atoms. The van der Waals surface area contributed by atoms with E-state index in [-0.39, 0.29) is 60.6 Å². The van der Waals surface area contributed by atoms with Crippen LogP contribution in [-0.4, -0.2) is 62.2 Å². The molecule has 14 heteroatoms. The van der Waals surface area contributed by atoms with Crippen molar-refractivity contribution in [2.75, 3.05) is 26.4 Å². The molecule has 0 aliphatic heterocycles. The molecule has 0 saturated carbocycles. The van der Waals surface area contributed by atoms with Crippen molar-refractivity contribution in [3.8, 4) is 45.6 Å². The summed E-state index contributed by atoms with van der Waals surface area (Å²) in [7, 11) is 0. The molecule has 0 spiro atoms. The van der Waals surface area contributed by atoms with Gasteiger partial charge in [-0.25, -0.2) is 28.8 Å². The molecule has 8 rings (SSSR count). The molecule has 8 aromatic rings. The van der Waals surface area contributed by atoms with Crippen molar-refractivity contribution < 1.29 is 66.7 Å². The Labute approximate surface area is 436 Å². The van der Waals surface area contributed by atoms with E-state index in [1.165, 1.54) is 12.2 Å². The van der Waals surface area contributed by atoms with Gasteiger partial charge in [-0.3, -0.25) is 0 Å². The van der Waals surface area contributed by atoms with E-state index >= 15 is 0 Å². The predicted octanol–water partition coefficient (Wildman–Crippen LogP) is 11.6. The van der Waals surface area contributed by atoms with E-state index in [1.807, 2.05) is 60.7 Å². The molecule has 0 fully saturated rings. The van der Waals surface area contributed by atoms with Crippen LogP contribution in [0.15, 0.2) is 207 Å². The van der Waals surface area contributed by atoms with Gasteiger partial charge in [-0.05, 0) is 130 Å². The van der Waals surface area contributed by atoms with Gasteiger partial charge in [-0.1, -0.05) is 98.1 Å². The van der Waals surface area contributed by atoms with Crippen molar-refractivity contribution in [3.05, 3.63) is 230 Å². The van der Waals surface area contributed by atoms with Crippen LogP contribution in [0.4, 0.5) is 0 Å². The van der Waals surface area contributed by atoms with Crippen LogP contribution >= 0.6 is 0 Å². The largest absolute Gasteiger partial charge is 0.490 e. The first-order valence-electron chi connectivity index (χ1n) is 23.6. The molecule has 0 aromatic heterocycles. The maximum atomic E-state index is 13.6. The van der Waals surface area contributed by atoms with Gasteiger partial charge in [0.05, 0.1) is 11.1 Å². The summed E-state index contributed by atoms with van der Waals surface area (Å²) in [6, 6.07) is 48.0. The molecular formula is C62H46O14. The first-order valence-corrected chi connectivity index (χ1v) is 23.6. The molecular weight excluding hydrogens is 969 g/mol. The first-order chi connectivity index (χ1) is 37.0. The quantitative estimate of drug-likeness (QED) is 0.0287. The highest BCUT2D eigenvalue weighted by Crippen LogP contribution is 2.45. The van der Waals surface area contributed by atoms with Crippen LogP contribution in [0.2, 0.25) is 0 Å². The summed E-state index contributed by atoms with van der Waals surface area (Å²) >= 11 is 0. The Kier molecular flexibility index (Phi) is 17.3. The molecule has 0 atom stereocenters. The lowest BCUT2D eigenvalue weighted by atomic mass is 9.92. The second-order valence-electron chi connectivity index (χ2n) is 16.2. The van der Waals surface area contributed by atoms with E-state index in [9.17, 15) is 28.8 Å². The summed E-state index contributed by atoms with van der Waals surface area (Å²) < 4.78 is 44.1. The predicted molar refractivity (Wildman–Crippen MR) is 285 cm³/mol. The maximum absolute atomic E-state index is 13.6. The number of carbonyl (C=O) groups excluding carboxylic acids is 6. The van der Waals surface area contributed by atoms with Crippen LogP contribution in [-0.2, 0) is 28.7 Å². The first kappa shape index (κ1) is 52.0. The summed E-state index contributed by atoms with van der Waals surface area (Å²) in [4.78, 5) is 75.3. The van der Waals surface area contributed by atoms with Crippen LogP contribution < -0.4 is 28.4 Å². The third-order valence-electron chi connectivity index (χ3n) is 11.2. The summed E-state index contributed by atoms with van der Waals surface area (Å²) in [6.07, 6.45) is 7.83. The lowest BCUT2D eigenvalue weighted by Crippen LogP contribution is -2.11. The minimum absolute atomic E-state index is 0.0464. The lowest BCUT2D eigenvalue weighted by molar-refractivity contribution is -0.139. The van der Waals surface area contributed by atoms with Gasteiger partial charge in [-0.2, -0.15) is 0 Å². The van der Waals surface area contributed by atoms with Crippen LogP contribution in [0.5, 0.6) is 34.5 Å². The number of rotatable bonds is 21. The number of carbonyl (C=O) groups is 6. The minimum atomic E-state index is -0.678. The number of fused-ring (bicyclic) bond motifs is 2. The summed E-state index contributed by atoms with van der Waals surface area (Å²) in [5, 5.41) is 3.19. The molecule has 0 N–H and O–H groups in total. The highest BCUT2D eigenvalue weighted by atomic mass is 16.6. The van der Waals surface area contributed by atoms with E-state index in [0.717, 1.165) is 33.7 Å². The topological polar surface area (TPSA) is 176 Å². The van der Waals surface area contributed by atoms with Crippen LogP contribution in [0, 0.1) is 0 Å². The molecule has 0 radical (unpaired) electrons. The van der Waals surface area contributed by atoms with Gasteiger partial charge in [0.2, 0.25) is 0 Å². The van der Waals surface area contributed by atoms with Crippen molar-refractivity contribution >= 4 is 69.5 Å². The minimum Gasteiger partial charge on any atom is -0.490 e. The van der Waals surface area contributed by atoms with Crippen LogP contribution in [0.1, 0.15) is 31.8 Å². The molecule has 0 amide bonds. The second kappa shape index (κ2) is 25.4. The fourth-order valence-electron chi connectivity index (χ4n) is 7.52. The van der Waals surface area contributed by atoms with Crippen molar-refractivity contribution in [2.45, 2.75) is 0 Å². The number of hydrogen-bond donors (Lipinski definition) is 0. The zero-order chi connectivity index (χ0) is 53.2. The van der Waals surface area contributed by atoms with Crippen LogP contribution in [0.3, 0.4) is 0 Å². The van der Waals surface area contributed by atoms with Gasteiger partial charge < -0.3 is 37.9 Å². The van der Waals surface area contributed by atoms with E-state index in [1.54, 1.807) is 121 Å². The molecule has 76 heavy (non-hydrogen) atoms. The summed E-state index contributed by atoms with van der Waals surface area (Å²) in [5.41, 5.74) is 2.89. The van der Waals surface area contributed by atoms with Gasteiger partial charge in [-0.15, -0.1) is 0 Å². The molecule has 0 unspecified atom stereocenters. The zero-order valence-corrected chi connectivity index (χ0v) is 40.6. The van der Waals surface area contributed by atoms with Gasteiger partial charge in [0, 0.05) is 35.4 Å². The van der Waals surface area contributed by atoms with Crippen LogP contribution in [0.25, 0.3) is 44.8 Å². The third kappa shape index (κ3) is 14.0. The average molecular weight is 1020 g/mol. The van der Waals surface area contributed by atoms with Gasteiger partial charge in [0.15, 0.2) is 0 Å². The van der Waals surface area contributed by atoms with Crippen molar-refractivity contribution in [2.24, 2.45) is 0 Å². The van der Waals surface area contributed by atoms with Crippen molar-refractivity contribution in [1.82, 2.24) is 0 Å². The summed E-state index contributed by atoms with van der Waals surface area (Å²) in [5.74, 6) is -1.67. The molecule has 0 heterocycles. The van der Waals surface area contributed by atoms with Gasteiger partial charge >= 0.3 is 35.8 Å². The summed E-state index contributed by atoms with van der Waals surface area (Å²) in [6.45, 7) is 7.02. The number of benzene rings is 8.